The van der Waals surface area contributed by atoms with E-state index in [-0.39, 0.29) is 17.2 Å². The first-order valence-electron chi connectivity index (χ1n) is 8.81. The van der Waals surface area contributed by atoms with Crippen molar-refractivity contribution in [2.24, 2.45) is 5.10 Å². The van der Waals surface area contributed by atoms with E-state index in [1.165, 1.54) is 41.5 Å². The zero-order chi connectivity index (χ0) is 21.0. The number of benzene rings is 2. The van der Waals surface area contributed by atoms with E-state index in [1.807, 2.05) is 32.0 Å². The number of para-hydroxylation sites is 1. The van der Waals surface area contributed by atoms with Crippen LogP contribution in [0.4, 0.5) is 10.8 Å². The number of hydrazone groups is 1. The second-order valence-electron chi connectivity index (χ2n) is 6.39. The maximum atomic E-state index is 12.2. The first kappa shape index (κ1) is 20.2. The van der Waals surface area contributed by atoms with Crippen molar-refractivity contribution < 1.29 is 14.7 Å². The maximum absolute atomic E-state index is 12.2. The van der Waals surface area contributed by atoms with Crippen LogP contribution in [0.3, 0.4) is 0 Å². The zero-order valence-corrected chi connectivity index (χ0v) is 17.0. The summed E-state index contributed by atoms with van der Waals surface area (Å²) in [7, 11) is 0. The summed E-state index contributed by atoms with van der Waals surface area (Å²) in [6.45, 7) is 5.49. The van der Waals surface area contributed by atoms with Crippen molar-refractivity contribution >= 4 is 40.2 Å². The van der Waals surface area contributed by atoms with Gasteiger partial charge in [0.05, 0.1) is 23.2 Å². The van der Waals surface area contributed by atoms with Crippen LogP contribution < -0.4 is 10.3 Å². The lowest BCUT2D eigenvalue weighted by atomic mass is 10.1. The van der Waals surface area contributed by atoms with Gasteiger partial charge in [0.2, 0.25) is 5.91 Å². The Balaban J connectivity index is 1.75. The Morgan fingerprint density at radius 2 is 1.93 bits per heavy atom. The van der Waals surface area contributed by atoms with E-state index in [0.29, 0.717) is 10.8 Å². The average Bonchev–Trinajstić information content (AvgIpc) is 3.13. The highest BCUT2D eigenvalue weighted by atomic mass is 32.1. The summed E-state index contributed by atoms with van der Waals surface area (Å²) in [6.07, 6.45) is 1.39. The van der Waals surface area contributed by atoms with Crippen molar-refractivity contribution in [3.05, 3.63) is 70.2 Å². The maximum Gasteiger partial charge on any atom is 0.275 e. The van der Waals surface area contributed by atoms with E-state index in [0.717, 1.165) is 16.8 Å². The van der Waals surface area contributed by atoms with Crippen LogP contribution in [0.2, 0.25) is 0 Å². The Hall–Kier alpha value is -3.52. The van der Waals surface area contributed by atoms with Crippen LogP contribution in [0.15, 0.2) is 52.9 Å². The van der Waals surface area contributed by atoms with Gasteiger partial charge in [0.1, 0.15) is 5.75 Å². The molecule has 0 aliphatic carbocycles. The molecule has 29 heavy (non-hydrogen) atoms. The lowest BCUT2D eigenvalue weighted by Gasteiger charge is -2.19. The van der Waals surface area contributed by atoms with Gasteiger partial charge in [-0.05, 0) is 49.2 Å². The minimum atomic E-state index is -0.532. The Morgan fingerprint density at radius 1 is 1.17 bits per heavy atom. The van der Waals surface area contributed by atoms with Crippen LogP contribution in [0.5, 0.6) is 5.75 Å². The summed E-state index contributed by atoms with van der Waals surface area (Å²) < 4.78 is 0. The van der Waals surface area contributed by atoms with Crippen LogP contribution in [0.25, 0.3) is 0 Å². The van der Waals surface area contributed by atoms with Crippen molar-refractivity contribution in [3.63, 3.8) is 0 Å². The Morgan fingerprint density at radius 3 is 2.62 bits per heavy atom. The fourth-order valence-corrected chi connectivity index (χ4v) is 3.45. The van der Waals surface area contributed by atoms with Crippen LogP contribution in [-0.2, 0) is 4.79 Å². The smallest absolute Gasteiger partial charge is 0.275 e. The van der Waals surface area contributed by atoms with Gasteiger partial charge in [0, 0.05) is 12.3 Å². The van der Waals surface area contributed by atoms with Crippen molar-refractivity contribution in [3.8, 4) is 5.75 Å². The Bertz CT molecular complexity index is 1090. The Labute approximate surface area is 172 Å². The molecular weight excluding hydrogens is 388 g/mol. The second kappa shape index (κ2) is 8.66. The number of amides is 2. The number of anilines is 2. The number of phenolic OH excluding ortho intramolecular Hbond substituents is 1. The van der Waals surface area contributed by atoms with Gasteiger partial charge in [-0.25, -0.2) is 10.4 Å². The number of carbonyl (C=O) groups is 2. The SMILES string of the molecule is CC(=O)N(c1ccc(C)c(C)c1)c1nc(/C=N\NC(=O)c2ccccc2O)cs1. The highest BCUT2D eigenvalue weighted by Crippen LogP contribution is 2.29. The molecule has 0 atom stereocenters. The minimum absolute atomic E-state index is 0.123. The van der Waals surface area contributed by atoms with Gasteiger partial charge in [-0.2, -0.15) is 5.10 Å². The third kappa shape index (κ3) is 4.67. The lowest BCUT2D eigenvalue weighted by Crippen LogP contribution is -2.22. The van der Waals surface area contributed by atoms with Crippen LogP contribution in [0.1, 0.15) is 34.1 Å². The molecule has 0 bridgehead atoms. The molecule has 2 aromatic carbocycles. The number of hydrogen-bond donors (Lipinski definition) is 2. The van der Waals surface area contributed by atoms with Crippen LogP contribution >= 0.6 is 11.3 Å². The molecule has 0 aliphatic rings. The summed E-state index contributed by atoms with van der Waals surface area (Å²) in [5.41, 5.74) is 5.94. The number of nitrogens with zero attached hydrogens (tertiary/aromatic N) is 3. The highest BCUT2D eigenvalue weighted by molar-refractivity contribution is 7.14. The summed E-state index contributed by atoms with van der Waals surface area (Å²) in [5.74, 6) is -0.809. The predicted molar refractivity (Wildman–Crippen MR) is 114 cm³/mol. The molecule has 3 rings (SSSR count). The van der Waals surface area contributed by atoms with Crippen LogP contribution in [-0.4, -0.2) is 28.1 Å². The molecule has 2 N–H and O–H groups in total. The molecule has 0 unspecified atom stereocenters. The van der Waals surface area contributed by atoms with Crippen molar-refractivity contribution in [1.82, 2.24) is 10.4 Å². The molecule has 0 spiro atoms. The number of aromatic nitrogens is 1. The van der Waals surface area contributed by atoms with E-state index >= 15 is 0 Å². The number of thiazole rings is 1. The number of carbonyl (C=O) groups excluding carboxylic acids is 2. The normalized spacial score (nSPS) is 10.9. The quantitative estimate of drug-likeness (QED) is 0.494. The molecule has 2 amide bonds. The summed E-state index contributed by atoms with van der Waals surface area (Å²) in [5, 5.41) is 15.8. The lowest BCUT2D eigenvalue weighted by molar-refractivity contribution is -0.115. The summed E-state index contributed by atoms with van der Waals surface area (Å²) in [6, 6.07) is 12.0. The van der Waals surface area contributed by atoms with Gasteiger partial charge in [0.25, 0.3) is 5.91 Å². The highest BCUT2D eigenvalue weighted by Gasteiger charge is 2.18. The monoisotopic (exact) mass is 408 g/mol. The molecule has 148 valence electrons. The summed E-state index contributed by atoms with van der Waals surface area (Å²) >= 11 is 1.30. The third-order valence-corrected chi connectivity index (χ3v) is 5.12. The molecule has 0 aliphatic heterocycles. The molecule has 0 radical (unpaired) electrons. The predicted octanol–water partition coefficient (Wildman–Crippen LogP) is 3.91. The van der Waals surface area contributed by atoms with E-state index < -0.39 is 5.91 Å². The molecule has 0 saturated carbocycles. The second-order valence-corrected chi connectivity index (χ2v) is 7.23. The molecular formula is C21H20N4O3S. The fraction of sp³-hybridized carbons (Fsp3) is 0.143. The van der Waals surface area contributed by atoms with Crippen molar-refractivity contribution in [1.29, 1.82) is 0 Å². The van der Waals surface area contributed by atoms with Gasteiger partial charge in [0.15, 0.2) is 5.13 Å². The fourth-order valence-electron chi connectivity index (χ4n) is 2.61. The molecule has 7 nitrogen and oxygen atoms in total. The standard InChI is InChI=1S/C21H20N4O3S/c1-13-8-9-17(10-14(13)2)25(15(3)26)21-23-16(12-29-21)11-22-24-20(28)18-6-4-5-7-19(18)27/h4-12,27H,1-3H3,(H,24,28)/b22-11-. The molecule has 1 heterocycles. The van der Waals surface area contributed by atoms with Crippen molar-refractivity contribution in [2.45, 2.75) is 20.8 Å². The van der Waals surface area contributed by atoms with Gasteiger partial charge in [-0.1, -0.05) is 18.2 Å². The molecule has 1 aromatic heterocycles. The van der Waals surface area contributed by atoms with E-state index in [4.69, 9.17) is 0 Å². The first-order valence-corrected chi connectivity index (χ1v) is 9.69. The molecule has 3 aromatic rings. The number of rotatable bonds is 5. The zero-order valence-electron chi connectivity index (χ0n) is 16.2. The number of aromatic hydroxyl groups is 1. The molecule has 0 fully saturated rings. The number of phenols is 1. The van der Waals surface area contributed by atoms with E-state index in [9.17, 15) is 14.7 Å². The molecule has 8 heteroatoms. The number of nitrogens with one attached hydrogen (secondary N) is 1. The average molecular weight is 408 g/mol. The van der Waals surface area contributed by atoms with Crippen LogP contribution in [0, 0.1) is 13.8 Å². The topological polar surface area (TPSA) is 94.9 Å². The van der Waals surface area contributed by atoms with Crippen molar-refractivity contribution in [2.75, 3.05) is 4.90 Å². The minimum Gasteiger partial charge on any atom is -0.507 e. The Kier molecular flexibility index (Phi) is 6.04. The molecule has 0 saturated heterocycles. The van der Waals surface area contributed by atoms with Gasteiger partial charge in [-0.3, -0.25) is 14.5 Å². The van der Waals surface area contributed by atoms with Gasteiger partial charge >= 0.3 is 0 Å². The van der Waals surface area contributed by atoms with E-state index in [1.54, 1.807) is 17.5 Å². The van der Waals surface area contributed by atoms with Gasteiger partial charge in [-0.15, -0.1) is 11.3 Å². The van der Waals surface area contributed by atoms with E-state index in [2.05, 4.69) is 15.5 Å². The number of hydrogen-bond acceptors (Lipinski definition) is 6. The first-order chi connectivity index (χ1) is 13.9. The largest absolute Gasteiger partial charge is 0.507 e. The third-order valence-electron chi connectivity index (χ3n) is 4.28. The number of aryl methyl sites for hydroxylation is 2. The summed E-state index contributed by atoms with van der Waals surface area (Å²) in [4.78, 5) is 30.2. The van der Waals surface area contributed by atoms with Gasteiger partial charge < -0.3 is 5.11 Å².